The Kier molecular flexibility index (Phi) is 3.94. The first-order valence-corrected chi connectivity index (χ1v) is 7.27. The molecule has 1 aromatic heterocycles. The van der Waals surface area contributed by atoms with Crippen LogP contribution in [0.3, 0.4) is 0 Å². The number of aromatic nitrogens is 3. The molecule has 5 nitrogen and oxygen atoms in total. The molecule has 1 aliphatic rings. The number of nitrogens with one attached hydrogen (secondary N) is 1. The minimum absolute atomic E-state index is 0.291. The molecule has 6 heteroatoms. The molecule has 0 saturated carbocycles. The molecule has 0 aliphatic carbocycles. The van der Waals surface area contributed by atoms with E-state index in [1.807, 2.05) is 13.0 Å². The van der Waals surface area contributed by atoms with Crippen molar-refractivity contribution in [3.63, 3.8) is 0 Å². The molecule has 2 heterocycles. The van der Waals surface area contributed by atoms with Crippen molar-refractivity contribution in [3.8, 4) is 11.4 Å². The quantitative estimate of drug-likeness (QED) is 0.937. The Morgan fingerprint density at radius 1 is 1.19 bits per heavy atom. The van der Waals surface area contributed by atoms with Crippen LogP contribution in [0.4, 0.5) is 16.3 Å². The van der Waals surface area contributed by atoms with Crippen LogP contribution in [-0.2, 0) is 0 Å². The Hall–Kier alpha value is -2.24. The van der Waals surface area contributed by atoms with E-state index >= 15 is 0 Å². The summed E-state index contributed by atoms with van der Waals surface area (Å²) >= 11 is 0. The molecule has 0 amide bonds. The van der Waals surface area contributed by atoms with Crippen molar-refractivity contribution in [3.05, 3.63) is 30.1 Å². The van der Waals surface area contributed by atoms with Gasteiger partial charge in [-0.3, -0.25) is 0 Å². The van der Waals surface area contributed by atoms with Crippen molar-refractivity contribution in [1.82, 2.24) is 15.0 Å². The van der Waals surface area contributed by atoms with Gasteiger partial charge in [-0.15, -0.1) is 0 Å². The summed E-state index contributed by atoms with van der Waals surface area (Å²) in [6.07, 6.45) is 2.30. The lowest BCUT2D eigenvalue weighted by Crippen LogP contribution is -2.22. The summed E-state index contributed by atoms with van der Waals surface area (Å²) in [5.41, 5.74) is 0.664. The van der Waals surface area contributed by atoms with Gasteiger partial charge < -0.3 is 10.2 Å². The van der Waals surface area contributed by atoms with Crippen molar-refractivity contribution in [2.75, 3.05) is 29.9 Å². The SMILES string of the molecule is CCNc1nc(-c2cccc(F)c2)nc(N2CCCC2)n1. The number of rotatable bonds is 4. The molecular formula is C15H18FN5. The number of hydrogen-bond acceptors (Lipinski definition) is 5. The first kappa shape index (κ1) is 13.7. The van der Waals surface area contributed by atoms with Gasteiger partial charge in [0, 0.05) is 25.2 Å². The smallest absolute Gasteiger partial charge is 0.230 e. The molecule has 0 atom stereocenters. The normalized spacial score (nSPS) is 14.5. The zero-order chi connectivity index (χ0) is 14.7. The van der Waals surface area contributed by atoms with Crippen LogP contribution < -0.4 is 10.2 Å². The molecule has 1 saturated heterocycles. The van der Waals surface area contributed by atoms with E-state index in [-0.39, 0.29) is 5.82 Å². The van der Waals surface area contributed by atoms with E-state index in [9.17, 15) is 4.39 Å². The van der Waals surface area contributed by atoms with E-state index in [4.69, 9.17) is 0 Å². The number of nitrogens with zero attached hydrogens (tertiary/aromatic N) is 4. The molecule has 1 aliphatic heterocycles. The van der Waals surface area contributed by atoms with Gasteiger partial charge in [0.15, 0.2) is 5.82 Å². The van der Waals surface area contributed by atoms with Crippen LogP contribution in [0.2, 0.25) is 0 Å². The Bertz CT molecular complexity index is 625. The largest absolute Gasteiger partial charge is 0.354 e. The second-order valence-electron chi connectivity index (χ2n) is 5.02. The Morgan fingerprint density at radius 3 is 2.71 bits per heavy atom. The number of anilines is 2. The van der Waals surface area contributed by atoms with Gasteiger partial charge in [-0.25, -0.2) is 4.39 Å². The lowest BCUT2D eigenvalue weighted by Gasteiger charge is -2.16. The summed E-state index contributed by atoms with van der Waals surface area (Å²) in [4.78, 5) is 15.5. The van der Waals surface area contributed by atoms with Crippen LogP contribution in [0.15, 0.2) is 24.3 Å². The molecule has 2 aromatic rings. The van der Waals surface area contributed by atoms with Crippen molar-refractivity contribution in [2.45, 2.75) is 19.8 Å². The second-order valence-corrected chi connectivity index (χ2v) is 5.02. The Morgan fingerprint density at radius 2 is 2.00 bits per heavy atom. The van der Waals surface area contributed by atoms with Crippen molar-refractivity contribution >= 4 is 11.9 Å². The molecule has 21 heavy (non-hydrogen) atoms. The van der Waals surface area contributed by atoms with Gasteiger partial charge in [0.2, 0.25) is 11.9 Å². The van der Waals surface area contributed by atoms with Crippen LogP contribution in [-0.4, -0.2) is 34.6 Å². The van der Waals surface area contributed by atoms with E-state index in [1.165, 1.54) is 12.1 Å². The number of hydrogen-bond donors (Lipinski definition) is 1. The highest BCUT2D eigenvalue weighted by Gasteiger charge is 2.18. The monoisotopic (exact) mass is 287 g/mol. The fourth-order valence-electron chi connectivity index (χ4n) is 2.42. The van der Waals surface area contributed by atoms with Gasteiger partial charge in [-0.2, -0.15) is 15.0 Å². The first-order valence-electron chi connectivity index (χ1n) is 7.27. The second kappa shape index (κ2) is 6.03. The molecule has 110 valence electrons. The van der Waals surface area contributed by atoms with Gasteiger partial charge in [-0.1, -0.05) is 12.1 Å². The van der Waals surface area contributed by atoms with E-state index in [2.05, 4.69) is 25.2 Å². The molecule has 0 spiro atoms. The maximum absolute atomic E-state index is 13.4. The molecule has 1 N–H and O–H groups in total. The molecule has 0 radical (unpaired) electrons. The zero-order valence-corrected chi connectivity index (χ0v) is 12.0. The summed E-state index contributed by atoms with van der Waals surface area (Å²) in [7, 11) is 0. The molecule has 0 unspecified atom stereocenters. The lowest BCUT2D eigenvalue weighted by atomic mass is 10.2. The lowest BCUT2D eigenvalue weighted by molar-refractivity contribution is 0.628. The minimum atomic E-state index is -0.291. The fraction of sp³-hybridized carbons (Fsp3) is 0.400. The highest BCUT2D eigenvalue weighted by molar-refractivity contribution is 5.58. The fourth-order valence-corrected chi connectivity index (χ4v) is 2.42. The van der Waals surface area contributed by atoms with Crippen LogP contribution in [0.25, 0.3) is 11.4 Å². The van der Waals surface area contributed by atoms with Gasteiger partial charge >= 0.3 is 0 Å². The van der Waals surface area contributed by atoms with Crippen LogP contribution in [0.5, 0.6) is 0 Å². The van der Waals surface area contributed by atoms with Gasteiger partial charge in [0.05, 0.1) is 0 Å². The number of halogens is 1. The average Bonchev–Trinajstić information content (AvgIpc) is 3.01. The highest BCUT2D eigenvalue weighted by Crippen LogP contribution is 2.22. The topological polar surface area (TPSA) is 53.9 Å². The number of benzene rings is 1. The maximum atomic E-state index is 13.4. The van der Waals surface area contributed by atoms with Crippen LogP contribution in [0, 0.1) is 5.82 Å². The van der Waals surface area contributed by atoms with E-state index in [1.54, 1.807) is 6.07 Å². The maximum Gasteiger partial charge on any atom is 0.230 e. The predicted octanol–water partition coefficient (Wildman–Crippen LogP) is 2.71. The van der Waals surface area contributed by atoms with Gasteiger partial charge in [0.1, 0.15) is 5.82 Å². The van der Waals surface area contributed by atoms with Crippen molar-refractivity contribution in [1.29, 1.82) is 0 Å². The molecule has 3 rings (SSSR count). The predicted molar refractivity (Wildman–Crippen MR) is 80.8 cm³/mol. The molecular weight excluding hydrogens is 269 g/mol. The average molecular weight is 287 g/mol. The summed E-state index contributed by atoms with van der Waals surface area (Å²) < 4.78 is 13.4. The third-order valence-corrected chi connectivity index (χ3v) is 3.43. The van der Waals surface area contributed by atoms with E-state index in [0.717, 1.165) is 32.5 Å². The van der Waals surface area contributed by atoms with Crippen molar-refractivity contribution < 1.29 is 4.39 Å². The Labute approximate surface area is 123 Å². The zero-order valence-electron chi connectivity index (χ0n) is 12.0. The third-order valence-electron chi connectivity index (χ3n) is 3.43. The highest BCUT2D eigenvalue weighted by atomic mass is 19.1. The Balaban J connectivity index is 2.02. The van der Waals surface area contributed by atoms with Gasteiger partial charge in [0.25, 0.3) is 0 Å². The summed E-state index contributed by atoms with van der Waals surface area (Å²) in [6.45, 7) is 4.63. The van der Waals surface area contributed by atoms with Crippen LogP contribution >= 0.6 is 0 Å². The summed E-state index contributed by atoms with van der Waals surface area (Å²) in [5, 5.41) is 3.11. The standard InChI is InChI=1S/C15H18FN5/c1-2-17-14-18-13(11-6-5-7-12(16)10-11)19-15(20-14)21-8-3-4-9-21/h5-7,10H,2-4,8-9H2,1H3,(H,17,18,19,20). The summed E-state index contributed by atoms with van der Waals surface area (Å²) in [6, 6.07) is 6.33. The van der Waals surface area contributed by atoms with E-state index < -0.39 is 0 Å². The summed E-state index contributed by atoms with van der Waals surface area (Å²) in [5.74, 6) is 1.41. The van der Waals surface area contributed by atoms with Crippen LogP contribution in [0.1, 0.15) is 19.8 Å². The molecule has 1 aromatic carbocycles. The third kappa shape index (κ3) is 3.09. The first-order chi connectivity index (χ1) is 10.3. The molecule has 0 bridgehead atoms. The van der Waals surface area contributed by atoms with Gasteiger partial charge in [-0.05, 0) is 31.9 Å². The van der Waals surface area contributed by atoms with E-state index in [0.29, 0.717) is 23.3 Å². The minimum Gasteiger partial charge on any atom is -0.354 e. The van der Waals surface area contributed by atoms with Crippen molar-refractivity contribution in [2.24, 2.45) is 0 Å². The molecule has 1 fully saturated rings.